The van der Waals surface area contributed by atoms with Crippen molar-refractivity contribution in [1.82, 2.24) is 4.98 Å². The van der Waals surface area contributed by atoms with E-state index in [0.29, 0.717) is 11.6 Å². The first kappa shape index (κ1) is 13.4. The second kappa shape index (κ2) is 5.75. The Morgan fingerprint density at radius 2 is 1.95 bits per heavy atom. The molecule has 0 aliphatic carbocycles. The average Bonchev–Trinajstić information content (AvgIpc) is 2.45. The van der Waals surface area contributed by atoms with Crippen LogP contribution >= 0.6 is 0 Å². The molecule has 0 unspecified atom stereocenters. The third-order valence-electron chi connectivity index (χ3n) is 2.44. The highest BCUT2D eigenvalue weighted by Gasteiger charge is 2.15. The van der Waals surface area contributed by atoms with Crippen molar-refractivity contribution >= 4 is 29.1 Å². The molecule has 0 aliphatic heterocycles. The maximum Gasteiger partial charge on any atom is 0.347 e. The number of ether oxygens (including phenoxy) is 1. The molecule has 1 aromatic heterocycles. The maximum atomic E-state index is 11.7. The van der Waals surface area contributed by atoms with E-state index in [4.69, 9.17) is 9.84 Å². The van der Waals surface area contributed by atoms with Crippen molar-refractivity contribution in [3.63, 3.8) is 0 Å². The second-order valence-corrected chi connectivity index (χ2v) is 3.78. The molecule has 1 aromatic carbocycles. The van der Waals surface area contributed by atoms with Crippen molar-refractivity contribution in [2.24, 2.45) is 0 Å². The van der Waals surface area contributed by atoms with Crippen LogP contribution in [0.25, 0.3) is 10.9 Å². The third kappa shape index (κ3) is 2.86. The lowest BCUT2D eigenvalue weighted by Crippen LogP contribution is -2.14. The fourth-order valence-corrected chi connectivity index (χ4v) is 1.59. The highest BCUT2D eigenvalue weighted by atomic mass is 16.5. The molecule has 0 bridgehead atoms. The summed E-state index contributed by atoms with van der Waals surface area (Å²) < 4.78 is 5.02. The number of carboxylic acid groups (broad SMARTS) is 1. The number of carbonyl (C=O) groups is 3. The first-order valence-corrected chi connectivity index (χ1v) is 5.57. The number of para-hydroxylation sites is 1. The number of hydrogen-bond donors (Lipinski definition) is 1. The number of carbonyl (C=O) groups excluding carboxylic acids is 2. The number of esters is 1. The van der Waals surface area contributed by atoms with Gasteiger partial charge in [0.1, 0.15) is 11.1 Å². The highest BCUT2D eigenvalue weighted by molar-refractivity contribution is 6.12. The highest BCUT2D eigenvalue weighted by Crippen LogP contribution is 2.23. The minimum Gasteiger partial charge on any atom is -0.478 e. The molecule has 1 N–H and O–H groups in total. The Morgan fingerprint density at radius 1 is 1.20 bits per heavy atom. The van der Waals surface area contributed by atoms with Gasteiger partial charge in [-0.25, -0.2) is 9.59 Å². The van der Waals surface area contributed by atoms with Crippen LogP contribution in [0.5, 0.6) is 5.75 Å². The first-order valence-electron chi connectivity index (χ1n) is 5.57. The summed E-state index contributed by atoms with van der Waals surface area (Å²) in [6.07, 6.45) is 2.16. The number of pyridine rings is 1. The molecule has 2 aromatic rings. The lowest BCUT2D eigenvalue weighted by Gasteiger charge is -2.06. The molecular formula is C14H9NO5. The van der Waals surface area contributed by atoms with E-state index in [1.807, 2.05) is 0 Å². The van der Waals surface area contributed by atoms with Gasteiger partial charge < -0.3 is 9.84 Å². The van der Waals surface area contributed by atoms with Crippen molar-refractivity contribution in [1.29, 1.82) is 0 Å². The van der Waals surface area contributed by atoms with Crippen LogP contribution in [-0.4, -0.2) is 28.3 Å². The molecule has 0 saturated heterocycles. The second-order valence-electron chi connectivity index (χ2n) is 3.78. The fourth-order valence-electron chi connectivity index (χ4n) is 1.59. The van der Waals surface area contributed by atoms with Crippen molar-refractivity contribution in [2.75, 3.05) is 0 Å². The molecule has 0 saturated carbocycles. The zero-order valence-electron chi connectivity index (χ0n) is 10.1. The van der Waals surface area contributed by atoms with E-state index in [1.165, 1.54) is 12.3 Å². The van der Waals surface area contributed by atoms with E-state index >= 15 is 0 Å². The van der Waals surface area contributed by atoms with Gasteiger partial charge in [0.25, 0.3) is 0 Å². The smallest absolute Gasteiger partial charge is 0.347 e. The lowest BCUT2D eigenvalue weighted by molar-refractivity contribution is -0.134. The predicted molar refractivity (Wildman–Crippen MR) is 69.2 cm³/mol. The van der Waals surface area contributed by atoms with Crippen LogP contribution in [0.15, 0.2) is 48.2 Å². The summed E-state index contributed by atoms with van der Waals surface area (Å²) >= 11 is 0. The van der Waals surface area contributed by atoms with Gasteiger partial charge in [-0.1, -0.05) is 18.2 Å². The zero-order chi connectivity index (χ0) is 14.5. The Bertz CT molecular complexity index is 715. The van der Waals surface area contributed by atoms with E-state index < -0.39 is 17.5 Å². The van der Waals surface area contributed by atoms with Gasteiger partial charge in [0.2, 0.25) is 0 Å². The number of nitrogens with zero attached hydrogens (tertiary/aromatic N) is 1. The van der Waals surface area contributed by atoms with Crippen molar-refractivity contribution < 1.29 is 24.2 Å². The predicted octanol–water partition coefficient (Wildman–Crippen LogP) is 1.35. The van der Waals surface area contributed by atoms with Crippen LogP contribution in [0, 0.1) is 0 Å². The maximum absolute atomic E-state index is 11.7. The quantitative estimate of drug-likeness (QED) is 0.225. The number of rotatable bonds is 4. The number of aldehydes is 1. The Balaban J connectivity index is 2.35. The molecule has 0 aliphatic rings. The molecule has 0 atom stereocenters. The zero-order valence-corrected chi connectivity index (χ0v) is 10.1. The fraction of sp³-hybridized carbons (Fsp3) is 0. The topological polar surface area (TPSA) is 93.6 Å². The summed E-state index contributed by atoms with van der Waals surface area (Å²) in [5.41, 5.74) is -0.130. The van der Waals surface area contributed by atoms with Crippen LogP contribution < -0.4 is 4.74 Å². The normalized spacial score (nSPS) is 11.1. The molecule has 2 rings (SSSR count). The monoisotopic (exact) mass is 271 g/mol. The van der Waals surface area contributed by atoms with Gasteiger partial charge in [-0.3, -0.25) is 9.78 Å². The van der Waals surface area contributed by atoms with Crippen LogP contribution in [-0.2, 0) is 14.4 Å². The van der Waals surface area contributed by atoms with Gasteiger partial charge in [0, 0.05) is 17.7 Å². The summed E-state index contributed by atoms with van der Waals surface area (Å²) in [6, 6.07) is 8.47. The molecule has 6 heteroatoms. The molecule has 0 amide bonds. The Labute approximate surface area is 113 Å². The van der Waals surface area contributed by atoms with Crippen molar-refractivity contribution in [2.45, 2.75) is 0 Å². The van der Waals surface area contributed by atoms with Gasteiger partial charge >= 0.3 is 11.9 Å². The van der Waals surface area contributed by atoms with E-state index in [9.17, 15) is 14.4 Å². The van der Waals surface area contributed by atoms with Crippen molar-refractivity contribution in [3.8, 4) is 5.75 Å². The van der Waals surface area contributed by atoms with Crippen molar-refractivity contribution in [3.05, 3.63) is 48.2 Å². The van der Waals surface area contributed by atoms with Gasteiger partial charge in [0.15, 0.2) is 12.0 Å². The Kier molecular flexibility index (Phi) is 3.85. The van der Waals surface area contributed by atoms with Crippen LogP contribution in [0.2, 0.25) is 0 Å². The van der Waals surface area contributed by atoms with Gasteiger partial charge in [-0.05, 0) is 12.1 Å². The molecule has 0 radical (unpaired) electrons. The molecule has 0 fully saturated rings. The number of benzene rings is 1. The van der Waals surface area contributed by atoms with E-state index in [-0.39, 0.29) is 12.0 Å². The van der Waals surface area contributed by atoms with E-state index in [2.05, 4.69) is 4.98 Å². The molecule has 0 spiro atoms. The number of fused-ring (bicyclic) bond motifs is 1. The van der Waals surface area contributed by atoms with Gasteiger partial charge in [-0.2, -0.15) is 0 Å². The number of carboxylic acids is 1. The molecule has 20 heavy (non-hydrogen) atoms. The van der Waals surface area contributed by atoms with Crippen LogP contribution in [0.1, 0.15) is 0 Å². The number of aromatic nitrogens is 1. The lowest BCUT2D eigenvalue weighted by atomic mass is 10.2. The minimum atomic E-state index is -1.40. The number of hydrogen-bond acceptors (Lipinski definition) is 5. The van der Waals surface area contributed by atoms with Crippen LogP contribution in [0.4, 0.5) is 0 Å². The summed E-state index contributed by atoms with van der Waals surface area (Å²) in [7, 11) is 0. The third-order valence-corrected chi connectivity index (χ3v) is 2.44. The molecule has 1 heterocycles. The van der Waals surface area contributed by atoms with E-state index in [1.54, 1.807) is 24.3 Å². The molecular weight excluding hydrogens is 262 g/mol. The van der Waals surface area contributed by atoms with Gasteiger partial charge in [0.05, 0.1) is 0 Å². The Morgan fingerprint density at radius 3 is 2.65 bits per heavy atom. The largest absolute Gasteiger partial charge is 0.478 e. The SMILES string of the molecule is O=C/C(=C/C(=O)O)C(=O)Oc1cccc2cccnc12. The average molecular weight is 271 g/mol. The summed E-state index contributed by atoms with van der Waals surface area (Å²) in [6.45, 7) is 0. The standard InChI is InChI=1S/C14H9NO5/c16-8-10(7-12(17)18)14(19)20-11-5-1-3-9-4-2-6-15-13(9)11/h1-8H,(H,17,18)/b10-7-. The Hall–Kier alpha value is -3.02. The van der Waals surface area contributed by atoms with E-state index in [0.717, 1.165) is 5.39 Å². The summed E-state index contributed by atoms with van der Waals surface area (Å²) in [5.74, 6) is -2.29. The van der Waals surface area contributed by atoms with Crippen LogP contribution in [0.3, 0.4) is 0 Å². The minimum absolute atomic E-state index is 0.134. The molecule has 6 nitrogen and oxygen atoms in total. The number of aliphatic carboxylic acids is 1. The first-order chi connectivity index (χ1) is 9.61. The van der Waals surface area contributed by atoms with Gasteiger partial charge in [-0.15, -0.1) is 0 Å². The molecule has 100 valence electrons. The summed E-state index contributed by atoms with van der Waals surface area (Å²) in [4.78, 5) is 37.0. The summed E-state index contributed by atoms with van der Waals surface area (Å²) in [5, 5.41) is 9.30.